The van der Waals surface area contributed by atoms with Gasteiger partial charge in [0.15, 0.2) is 0 Å². The molecule has 2 N–H and O–H groups in total. The molecule has 2 rings (SSSR count). The molecule has 0 spiro atoms. The monoisotopic (exact) mass is 262 g/mol. The summed E-state index contributed by atoms with van der Waals surface area (Å²) in [6.45, 7) is 6.50. The van der Waals surface area contributed by atoms with Crippen molar-refractivity contribution in [3.8, 4) is 0 Å². The topological polar surface area (TPSA) is 62.2 Å². The molecule has 0 bridgehead atoms. The van der Waals surface area contributed by atoms with E-state index in [1.54, 1.807) is 12.1 Å². The van der Waals surface area contributed by atoms with Gasteiger partial charge in [-0.2, -0.15) is 0 Å². The van der Waals surface area contributed by atoms with E-state index in [4.69, 9.17) is 5.11 Å². The zero-order valence-corrected chi connectivity index (χ0v) is 11.8. The summed E-state index contributed by atoms with van der Waals surface area (Å²) in [6.07, 6.45) is 3.09. The second-order valence-electron chi connectivity index (χ2n) is 5.56. The van der Waals surface area contributed by atoms with E-state index in [1.165, 1.54) is 6.42 Å². The Balaban J connectivity index is 2.20. The van der Waals surface area contributed by atoms with Crippen LogP contribution < -0.4 is 5.32 Å². The Labute approximate surface area is 114 Å². The molecule has 1 heterocycles. The number of carboxylic acids is 1. The predicted octanol–water partition coefficient (Wildman–Crippen LogP) is 3.19. The van der Waals surface area contributed by atoms with Crippen LogP contribution in [0.2, 0.25) is 0 Å². The van der Waals surface area contributed by atoms with Crippen molar-refractivity contribution in [3.63, 3.8) is 0 Å². The molecule has 0 aromatic carbocycles. The highest BCUT2D eigenvalue weighted by molar-refractivity contribution is 5.88. The van der Waals surface area contributed by atoms with Gasteiger partial charge in [0.25, 0.3) is 0 Å². The maximum atomic E-state index is 11.1. The molecule has 1 fully saturated rings. The Morgan fingerprint density at radius 3 is 2.68 bits per heavy atom. The maximum Gasteiger partial charge on any atom is 0.335 e. The number of nitrogens with one attached hydrogen (secondary N) is 1. The number of aromatic carboxylic acids is 1. The standard InChI is InChI=1S/C15H22N2O2/c1-4-12-7-11(15(18)19)8-14(16-12)17-13-6-5-9(2)10(13)3/h7-10,13H,4-6H2,1-3H3,(H,16,17)(H,18,19). The molecule has 104 valence electrons. The molecule has 3 atom stereocenters. The first-order valence-electron chi connectivity index (χ1n) is 7.02. The first-order valence-corrected chi connectivity index (χ1v) is 7.02. The molecule has 4 nitrogen and oxygen atoms in total. The number of carboxylic acid groups (broad SMARTS) is 1. The molecule has 1 saturated carbocycles. The lowest BCUT2D eigenvalue weighted by atomic mass is 9.98. The van der Waals surface area contributed by atoms with E-state index in [0.29, 0.717) is 29.3 Å². The summed E-state index contributed by atoms with van der Waals surface area (Å²) in [4.78, 5) is 15.6. The van der Waals surface area contributed by atoms with Crippen LogP contribution in [-0.4, -0.2) is 22.1 Å². The van der Waals surface area contributed by atoms with Crippen LogP contribution in [0.25, 0.3) is 0 Å². The molecule has 0 aliphatic heterocycles. The van der Waals surface area contributed by atoms with E-state index >= 15 is 0 Å². The van der Waals surface area contributed by atoms with Crippen LogP contribution in [0.1, 0.15) is 49.7 Å². The third kappa shape index (κ3) is 3.06. The van der Waals surface area contributed by atoms with Gasteiger partial charge in [0.05, 0.1) is 5.56 Å². The maximum absolute atomic E-state index is 11.1. The van der Waals surface area contributed by atoms with Gasteiger partial charge in [-0.1, -0.05) is 20.8 Å². The Morgan fingerprint density at radius 1 is 1.42 bits per heavy atom. The Morgan fingerprint density at radius 2 is 2.16 bits per heavy atom. The zero-order chi connectivity index (χ0) is 14.0. The number of carbonyl (C=O) groups is 1. The smallest absolute Gasteiger partial charge is 0.335 e. The molecule has 0 amide bonds. The second-order valence-corrected chi connectivity index (χ2v) is 5.56. The number of rotatable bonds is 4. The predicted molar refractivity (Wildman–Crippen MR) is 75.5 cm³/mol. The fourth-order valence-corrected chi connectivity index (χ4v) is 2.72. The molecule has 0 radical (unpaired) electrons. The van der Waals surface area contributed by atoms with Crippen molar-refractivity contribution in [2.24, 2.45) is 11.8 Å². The number of nitrogens with zero attached hydrogens (tertiary/aromatic N) is 1. The minimum absolute atomic E-state index is 0.313. The molecule has 1 aliphatic rings. The summed E-state index contributed by atoms with van der Waals surface area (Å²) >= 11 is 0. The van der Waals surface area contributed by atoms with Crippen LogP contribution in [0.3, 0.4) is 0 Å². The molecular formula is C15H22N2O2. The molecule has 1 aromatic rings. The van der Waals surface area contributed by atoms with E-state index < -0.39 is 5.97 Å². The van der Waals surface area contributed by atoms with Gasteiger partial charge < -0.3 is 10.4 Å². The summed E-state index contributed by atoms with van der Waals surface area (Å²) in [5, 5.41) is 12.5. The second kappa shape index (κ2) is 5.59. The van der Waals surface area contributed by atoms with Crippen molar-refractivity contribution in [1.82, 2.24) is 4.98 Å². The van der Waals surface area contributed by atoms with Gasteiger partial charge in [0.1, 0.15) is 5.82 Å². The molecule has 0 saturated heterocycles. The summed E-state index contributed by atoms with van der Waals surface area (Å²) in [6, 6.07) is 3.68. The molecule has 4 heteroatoms. The van der Waals surface area contributed by atoms with Crippen LogP contribution in [0.5, 0.6) is 0 Å². The van der Waals surface area contributed by atoms with Crippen molar-refractivity contribution in [3.05, 3.63) is 23.4 Å². The minimum Gasteiger partial charge on any atom is -0.478 e. The number of aromatic nitrogens is 1. The van der Waals surface area contributed by atoms with Gasteiger partial charge in [-0.15, -0.1) is 0 Å². The first kappa shape index (κ1) is 13.8. The quantitative estimate of drug-likeness (QED) is 0.874. The summed E-state index contributed by atoms with van der Waals surface area (Å²) in [5.74, 6) is 1.11. The highest BCUT2D eigenvalue weighted by atomic mass is 16.4. The largest absolute Gasteiger partial charge is 0.478 e. The average molecular weight is 262 g/mol. The minimum atomic E-state index is -0.895. The number of hydrogen-bond donors (Lipinski definition) is 2. The lowest BCUT2D eigenvalue weighted by Crippen LogP contribution is -2.25. The van der Waals surface area contributed by atoms with Crippen molar-refractivity contribution < 1.29 is 9.90 Å². The van der Waals surface area contributed by atoms with Gasteiger partial charge in [-0.3, -0.25) is 0 Å². The summed E-state index contributed by atoms with van der Waals surface area (Å²) in [5.41, 5.74) is 1.13. The van der Waals surface area contributed by atoms with Crippen molar-refractivity contribution >= 4 is 11.8 Å². The highest BCUT2D eigenvalue weighted by Gasteiger charge is 2.29. The van der Waals surface area contributed by atoms with Crippen LogP contribution in [0, 0.1) is 11.8 Å². The Hall–Kier alpha value is -1.58. The van der Waals surface area contributed by atoms with Gasteiger partial charge in [-0.05, 0) is 43.2 Å². The van der Waals surface area contributed by atoms with Crippen LogP contribution in [-0.2, 0) is 6.42 Å². The highest BCUT2D eigenvalue weighted by Crippen LogP contribution is 2.33. The van der Waals surface area contributed by atoms with Crippen LogP contribution in [0.4, 0.5) is 5.82 Å². The average Bonchev–Trinajstić information content (AvgIpc) is 2.70. The molecular weight excluding hydrogens is 240 g/mol. The van der Waals surface area contributed by atoms with E-state index in [2.05, 4.69) is 24.1 Å². The Kier molecular flexibility index (Phi) is 4.08. The first-order chi connectivity index (χ1) is 9.01. The van der Waals surface area contributed by atoms with Crippen molar-refractivity contribution in [2.75, 3.05) is 5.32 Å². The fraction of sp³-hybridized carbons (Fsp3) is 0.600. The zero-order valence-electron chi connectivity index (χ0n) is 11.8. The van der Waals surface area contributed by atoms with E-state index in [-0.39, 0.29) is 0 Å². The van der Waals surface area contributed by atoms with E-state index in [1.807, 2.05) is 6.92 Å². The third-order valence-electron chi connectivity index (χ3n) is 4.29. The number of aryl methyl sites for hydroxylation is 1. The normalized spacial score (nSPS) is 26.4. The number of anilines is 1. The van der Waals surface area contributed by atoms with Crippen LogP contribution in [0.15, 0.2) is 12.1 Å². The third-order valence-corrected chi connectivity index (χ3v) is 4.29. The summed E-state index contributed by atoms with van der Waals surface area (Å²) in [7, 11) is 0. The Bertz CT molecular complexity index is 473. The van der Waals surface area contributed by atoms with Crippen molar-refractivity contribution in [1.29, 1.82) is 0 Å². The number of hydrogen-bond acceptors (Lipinski definition) is 3. The molecule has 1 aromatic heterocycles. The molecule has 19 heavy (non-hydrogen) atoms. The summed E-state index contributed by atoms with van der Waals surface area (Å²) < 4.78 is 0. The van der Waals surface area contributed by atoms with Gasteiger partial charge in [0, 0.05) is 11.7 Å². The lowest BCUT2D eigenvalue weighted by molar-refractivity contribution is 0.0696. The fourth-order valence-electron chi connectivity index (χ4n) is 2.72. The SMILES string of the molecule is CCc1cc(C(=O)O)cc(NC2CCC(C)C2C)n1. The van der Waals surface area contributed by atoms with Gasteiger partial charge >= 0.3 is 5.97 Å². The van der Waals surface area contributed by atoms with Gasteiger partial charge in [-0.25, -0.2) is 9.78 Å². The van der Waals surface area contributed by atoms with E-state index in [0.717, 1.165) is 18.5 Å². The van der Waals surface area contributed by atoms with E-state index in [9.17, 15) is 4.79 Å². The van der Waals surface area contributed by atoms with Gasteiger partial charge in [0.2, 0.25) is 0 Å². The van der Waals surface area contributed by atoms with Crippen LogP contribution >= 0.6 is 0 Å². The molecule has 1 aliphatic carbocycles. The number of pyridine rings is 1. The van der Waals surface area contributed by atoms with Crippen molar-refractivity contribution in [2.45, 2.75) is 46.1 Å². The lowest BCUT2D eigenvalue weighted by Gasteiger charge is -2.20. The molecule has 3 unspecified atom stereocenters.